The Morgan fingerprint density at radius 1 is 1.37 bits per heavy atom. The highest BCUT2D eigenvalue weighted by molar-refractivity contribution is 8.17. The number of anilines is 1. The Balaban J connectivity index is 1.90. The fourth-order valence-corrected chi connectivity index (χ4v) is 3.65. The molecule has 136 valence electrons. The molecule has 0 saturated heterocycles. The number of rotatable bonds is 3. The monoisotopic (exact) mass is 381 g/mol. The molecule has 2 aromatic rings. The van der Waals surface area contributed by atoms with E-state index < -0.39 is 17.3 Å². The van der Waals surface area contributed by atoms with Crippen LogP contribution >= 0.6 is 11.8 Å². The largest absolute Gasteiger partial charge is 0.378 e. The number of nitrogens with one attached hydrogen (secondary N) is 1. The number of hydrogen-bond donors (Lipinski definition) is 2. The third-order valence-corrected chi connectivity index (χ3v) is 4.73. The number of allylic oxidation sites excluding steroid dienone is 1. The average Bonchev–Trinajstić information content (AvgIpc) is 2.62. The number of carbonyl (C=O) groups is 1. The molecule has 1 atom stereocenters. The van der Waals surface area contributed by atoms with Gasteiger partial charge in [-0.15, -0.1) is 0 Å². The van der Waals surface area contributed by atoms with Crippen molar-refractivity contribution in [3.63, 3.8) is 0 Å². The maximum atomic E-state index is 14.5. The van der Waals surface area contributed by atoms with Gasteiger partial charge in [-0.2, -0.15) is 5.26 Å². The second-order valence-electron chi connectivity index (χ2n) is 6.15. The minimum atomic E-state index is -0.961. The van der Waals surface area contributed by atoms with E-state index in [0.717, 1.165) is 4.91 Å². The van der Waals surface area contributed by atoms with Crippen molar-refractivity contribution in [1.29, 1.82) is 5.26 Å². The molecule has 1 aliphatic rings. The molecule has 8 heteroatoms. The number of benzene rings is 1. The number of halogens is 1. The molecule has 1 aliphatic heterocycles. The number of hydrogen-bond acceptors (Lipinski definition) is 6. The average molecular weight is 381 g/mol. The number of amidine groups is 1. The van der Waals surface area contributed by atoms with E-state index in [1.165, 1.54) is 48.3 Å². The van der Waals surface area contributed by atoms with Gasteiger partial charge in [0.15, 0.2) is 5.17 Å². The van der Waals surface area contributed by atoms with Crippen molar-refractivity contribution in [2.24, 2.45) is 10.7 Å². The molecule has 27 heavy (non-hydrogen) atoms. The summed E-state index contributed by atoms with van der Waals surface area (Å²) >= 11 is 1.32. The van der Waals surface area contributed by atoms with Crippen LogP contribution in [0.25, 0.3) is 0 Å². The summed E-state index contributed by atoms with van der Waals surface area (Å²) in [5.74, 6) is -0.907. The van der Waals surface area contributed by atoms with Gasteiger partial charge in [-0.3, -0.25) is 4.79 Å². The lowest BCUT2D eigenvalue weighted by molar-refractivity contribution is 0.102. The van der Waals surface area contributed by atoms with Crippen LogP contribution in [0.2, 0.25) is 0 Å². The van der Waals surface area contributed by atoms with E-state index in [0.29, 0.717) is 22.0 Å². The van der Waals surface area contributed by atoms with Crippen LogP contribution in [0.5, 0.6) is 0 Å². The molecule has 0 saturated carbocycles. The third kappa shape index (κ3) is 3.99. The lowest BCUT2D eigenvalue weighted by Gasteiger charge is -2.27. The standard InChI is InChI=1S/C19H16FN5OS/c1-11-8-19(2,25-18(22)27-11)14-7-13(4-5-15(14)20)24-17(26)16-6-3-12(9-21)10-23-16/h3-8,10H,1-2H3,(H2,22,25)(H,24,26)/t19-/m0/s1. The highest BCUT2D eigenvalue weighted by atomic mass is 32.2. The van der Waals surface area contributed by atoms with Gasteiger partial charge in [0.1, 0.15) is 23.1 Å². The molecule has 1 aromatic carbocycles. The number of aromatic nitrogens is 1. The highest BCUT2D eigenvalue weighted by Gasteiger charge is 2.30. The first kappa shape index (κ1) is 18.6. The molecule has 3 N–H and O–H groups in total. The van der Waals surface area contributed by atoms with E-state index in [-0.39, 0.29) is 5.69 Å². The van der Waals surface area contributed by atoms with Crippen molar-refractivity contribution in [2.45, 2.75) is 19.4 Å². The van der Waals surface area contributed by atoms with E-state index in [1.54, 1.807) is 6.92 Å². The van der Waals surface area contributed by atoms with E-state index >= 15 is 0 Å². The van der Waals surface area contributed by atoms with Gasteiger partial charge in [0.25, 0.3) is 5.91 Å². The number of nitrogens with zero attached hydrogens (tertiary/aromatic N) is 3. The molecule has 0 aliphatic carbocycles. The normalized spacial score (nSPS) is 18.9. The summed E-state index contributed by atoms with van der Waals surface area (Å²) in [5.41, 5.74) is 6.11. The van der Waals surface area contributed by atoms with E-state index in [2.05, 4.69) is 15.3 Å². The van der Waals surface area contributed by atoms with Crippen molar-refractivity contribution in [3.05, 3.63) is 70.1 Å². The van der Waals surface area contributed by atoms with Crippen molar-refractivity contribution < 1.29 is 9.18 Å². The van der Waals surface area contributed by atoms with Gasteiger partial charge in [0.2, 0.25) is 0 Å². The van der Waals surface area contributed by atoms with Gasteiger partial charge in [-0.05, 0) is 55.2 Å². The summed E-state index contributed by atoms with van der Waals surface area (Å²) < 4.78 is 14.5. The van der Waals surface area contributed by atoms with Crippen molar-refractivity contribution in [2.75, 3.05) is 5.32 Å². The number of aliphatic imine (C=N–C) groups is 1. The van der Waals surface area contributed by atoms with Crippen LogP contribution in [0.15, 0.2) is 52.5 Å². The first-order chi connectivity index (χ1) is 12.8. The van der Waals surface area contributed by atoms with Crippen LogP contribution in [0.4, 0.5) is 10.1 Å². The quantitative estimate of drug-likeness (QED) is 0.846. The topological polar surface area (TPSA) is 104 Å². The number of nitriles is 1. The van der Waals surface area contributed by atoms with Crippen LogP contribution in [-0.2, 0) is 5.54 Å². The zero-order valence-corrected chi connectivity index (χ0v) is 15.5. The summed E-state index contributed by atoms with van der Waals surface area (Å²) in [5, 5.41) is 11.8. The van der Waals surface area contributed by atoms with Crippen molar-refractivity contribution >= 4 is 28.5 Å². The molecular weight excluding hydrogens is 365 g/mol. The number of carbonyl (C=O) groups excluding carboxylic acids is 1. The number of pyridine rings is 1. The zero-order chi connectivity index (χ0) is 19.6. The third-order valence-electron chi connectivity index (χ3n) is 3.99. The molecular formula is C19H16FN5OS. The fourth-order valence-electron chi connectivity index (χ4n) is 2.79. The predicted octanol–water partition coefficient (Wildman–Crippen LogP) is 3.53. The summed E-state index contributed by atoms with van der Waals surface area (Å²) in [7, 11) is 0. The molecule has 0 bridgehead atoms. The van der Waals surface area contributed by atoms with Crippen LogP contribution in [0.3, 0.4) is 0 Å². The molecule has 0 spiro atoms. The number of thioether (sulfide) groups is 1. The van der Waals surface area contributed by atoms with Gasteiger partial charge in [0, 0.05) is 17.4 Å². The second-order valence-corrected chi connectivity index (χ2v) is 7.41. The SMILES string of the molecule is CC1=C[C@@](C)(c2cc(NC(=O)c3ccc(C#N)cn3)ccc2F)N=C(N)S1. The van der Waals surface area contributed by atoms with Crippen LogP contribution in [0.1, 0.15) is 35.5 Å². The van der Waals surface area contributed by atoms with E-state index in [4.69, 9.17) is 11.0 Å². The second kappa shape index (κ2) is 7.21. The van der Waals surface area contributed by atoms with E-state index in [1.807, 2.05) is 19.1 Å². The fraction of sp³-hybridized carbons (Fsp3) is 0.158. The summed E-state index contributed by atoms with van der Waals surface area (Å²) in [6.45, 7) is 3.64. The smallest absolute Gasteiger partial charge is 0.274 e. The van der Waals surface area contributed by atoms with Crippen LogP contribution in [0, 0.1) is 17.1 Å². The van der Waals surface area contributed by atoms with Crippen LogP contribution < -0.4 is 11.1 Å². The Labute approximate surface area is 160 Å². The molecule has 1 amide bonds. The molecule has 0 radical (unpaired) electrons. The number of nitrogens with two attached hydrogens (primary N) is 1. The van der Waals surface area contributed by atoms with Crippen LogP contribution in [-0.4, -0.2) is 16.1 Å². The Bertz CT molecular complexity index is 990. The van der Waals surface area contributed by atoms with Gasteiger partial charge in [0.05, 0.1) is 5.56 Å². The molecule has 3 rings (SSSR count). The Kier molecular flexibility index (Phi) is 4.97. The molecule has 0 unspecified atom stereocenters. The van der Waals surface area contributed by atoms with Gasteiger partial charge in [-0.1, -0.05) is 11.8 Å². The predicted molar refractivity (Wildman–Crippen MR) is 104 cm³/mol. The first-order valence-corrected chi connectivity index (χ1v) is 8.82. The maximum absolute atomic E-state index is 14.5. The Morgan fingerprint density at radius 2 is 2.15 bits per heavy atom. The molecule has 6 nitrogen and oxygen atoms in total. The minimum Gasteiger partial charge on any atom is -0.378 e. The highest BCUT2D eigenvalue weighted by Crippen LogP contribution is 2.38. The van der Waals surface area contributed by atoms with Gasteiger partial charge in [-0.25, -0.2) is 14.4 Å². The van der Waals surface area contributed by atoms with Gasteiger partial charge < -0.3 is 11.1 Å². The zero-order valence-electron chi connectivity index (χ0n) is 14.7. The van der Waals surface area contributed by atoms with Crippen molar-refractivity contribution in [3.8, 4) is 6.07 Å². The summed E-state index contributed by atoms with van der Waals surface area (Å²) in [6, 6.07) is 9.17. The first-order valence-electron chi connectivity index (χ1n) is 8.01. The summed E-state index contributed by atoms with van der Waals surface area (Å²) in [6.07, 6.45) is 3.15. The lowest BCUT2D eigenvalue weighted by atomic mass is 9.91. The van der Waals surface area contributed by atoms with Crippen molar-refractivity contribution in [1.82, 2.24) is 4.98 Å². The van der Waals surface area contributed by atoms with E-state index in [9.17, 15) is 9.18 Å². The number of amides is 1. The minimum absolute atomic E-state index is 0.151. The Morgan fingerprint density at radius 3 is 2.78 bits per heavy atom. The maximum Gasteiger partial charge on any atom is 0.274 e. The Hall–Kier alpha value is -3.18. The molecule has 0 fully saturated rings. The van der Waals surface area contributed by atoms with Gasteiger partial charge >= 0.3 is 0 Å². The lowest BCUT2D eigenvalue weighted by Crippen LogP contribution is -2.26. The molecule has 1 aromatic heterocycles. The molecule has 2 heterocycles. The summed E-state index contributed by atoms with van der Waals surface area (Å²) in [4.78, 5) is 21.6.